The molecule has 5 aromatic rings. The maximum absolute atomic E-state index is 13.8. The molecule has 0 radical (unpaired) electrons. The molecule has 1 atom stereocenters. The van der Waals surface area contributed by atoms with Gasteiger partial charge in [-0.05, 0) is 37.3 Å². The van der Waals surface area contributed by atoms with Crippen LogP contribution in [-0.2, 0) is 0 Å². The summed E-state index contributed by atoms with van der Waals surface area (Å²) in [6.45, 7) is 1.82. The van der Waals surface area contributed by atoms with E-state index in [1.807, 2.05) is 0 Å². The normalized spacial score (nSPS) is 14.5. The number of carbonyl (C=O) groups excluding carboxylic acids is 1. The second-order valence-electron chi connectivity index (χ2n) is 10.00. The van der Waals surface area contributed by atoms with Crippen LogP contribution in [0.15, 0.2) is 79.3 Å². The third-order valence-electron chi connectivity index (χ3n) is 7.07. The SMILES string of the molecule is Cc1nccnc1-c1nn2ccc(-c3ccc(O[C@H](c4ccccc4)C(F)(F)F)cc3)nc2c1C(=O)N1CC(CF)C1. The summed E-state index contributed by atoms with van der Waals surface area (Å²) < 4.78 is 61.2. The van der Waals surface area contributed by atoms with Crippen molar-refractivity contribution < 1.29 is 27.1 Å². The summed E-state index contributed by atoms with van der Waals surface area (Å²) in [4.78, 5) is 28.5. The van der Waals surface area contributed by atoms with Crippen LogP contribution >= 0.6 is 0 Å². The number of halogens is 4. The molecule has 8 nitrogen and oxygen atoms in total. The van der Waals surface area contributed by atoms with Crippen LogP contribution in [0.3, 0.4) is 0 Å². The van der Waals surface area contributed by atoms with Gasteiger partial charge in [0.25, 0.3) is 5.91 Å². The minimum Gasteiger partial charge on any atom is -0.476 e. The van der Waals surface area contributed by atoms with Crippen molar-refractivity contribution in [1.29, 1.82) is 0 Å². The number of aromatic nitrogens is 5. The summed E-state index contributed by atoms with van der Waals surface area (Å²) >= 11 is 0. The molecule has 42 heavy (non-hydrogen) atoms. The summed E-state index contributed by atoms with van der Waals surface area (Å²) in [7, 11) is 0. The first-order valence-electron chi connectivity index (χ1n) is 13.1. The van der Waals surface area contributed by atoms with Gasteiger partial charge in [0.05, 0.1) is 18.1 Å². The number of benzene rings is 2. The molecule has 6 rings (SSSR count). The number of carbonyl (C=O) groups is 1. The fourth-order valence-electron chi connectivity index (χ4n) is 4.88. The summed E-state index contributed by atoms with van der Waals surface area (Å²) in [6.07, 6.45) is -2.05. The van der Waals surface area contributed by atoms with Crippen molar-refractivity contribution in [2.45, 2.75) is 19.2 Å². The lowest BCUT2D eigenvalue weighted by Gasteiger charge is -2.37. The molecule has 1 amide bonds. The van der Waals surface area contributed by atoms with Crippen molar-refractivity contribution in [3.63, 3.8) is 0 Å². The topological polar surface area (TPSA) is 85.5 Å². The largest absolute Gasteiger partial charge is 0.476 e. The highest BCUT2D eigenvalue weighted by Gasteiger charge is 2.43. The first kappa shape index (κ1) is 27.3. The van der Waals surface area contributed by atoms with E-state index in [4.69, 9.17) is 9.72 Å². The Balaban J connectivity index is 1.35. The van der Waals surface area contributed by atoms with Gasteiger partial charge in [-0.15, -0.1) is 0 Å². The lowest BCUT2D eigenvalue weighted by molar-refractivity contribution is -0.198. The third kappa shape index (κ3) is 5.15. The molecule has 12 heteroatoms. The molecule has 4 heterocycles. The van der Waals surface area contributed by atoms with Crippen molar-refractivity contribution in [2.24, 2.45) is 5.92 Å². The summed E-state index contributed by atoms with van der Waals surface area (Å²) in [6, 6.07) is 15.2. The molecular weight excluding hydrogens is 552 g/mol. The Morgan fingerprint density at radius 3 is 2.38 bits per heavy atom. The van der Waals surface area contributed by atoms with E-state index in [0.29, 0.717) is 28.3 Å². The van der Waals surface area contributed by atoms with Crippen LogP contribution in [0.2, 0.25) is 0 Å². The molecule has 0 unspecified atom stereocenters. The molecule has 0 saturated carbocycles. The Morgan fingerprint density at radius 2 is 1.71 bits per heavy atom. The Hall–Kier alpha value is -4.87. The lowest BCUT2D eigenvalue weighted by Crippen LogP contribution is -2.50. The molecule has 1 saturated heterocycles. The molecule has 0 bridgehead atoms. The Kier molecular flexibility index (Phi) is 7.05. The predicted molar refractivity (Wildman–Crippen MR) is 145 cm³/mol. The van der Waals surface area contributed by atoms with Gasteiger partial charge in [-0.2, -0.15) is 18.3 Å². The average Bonchev–Trinajstić information content (AvgIpc) is 3.34. The Morgan fingerprint density at radius 1 is 1.00 bits per heavy atom. The molecule has 1 aliphatic heterocycles. The van der Waals surface area contributed by atoms with Crippen molar-refractivity contribution in [3.05, 3.63) is 96.1 Å². The monoisotopic (exact) mass is 576 g/mol. The van der Waals surface area contributed by atoms with E-state index in [1.165, 1.54) is 53.3 Å². The maximum Gasteiger partial charge on any atom is 0.429 e. The number of hydrogen-bond donors (Lipinski definition) is 0. The number of ether oxygens (including phenoxy) is 1. The van der Waals surface area contributed by atoms with Crippen molar-refractivity contribution in [1.82, 2.24) is 29.5 Å². The predicted octanol–water partition coefficient (Wildman–Crippen LogP) is 5.89. The van der Waals surface area contributed by atoms with Gasteiger partial charge in [0.1, 0.15) is 22.7 Å². The number of likely N-dealkylation sites (tertiary alicyclic amines) is 1. The standard InChI is InChI=1S/C30H24F4N6O2/c1-18-25(36-13-12-35-18)26-24(29(41)39-16-19(15-31)17-39)28-37-23(11-14-40(28)38-26)20-7-9-22(10-8-20)42-27(30(32,33)34)21-5-3-2-4-6-21/h2-14,19,27H,15-17H2,1H3/t27-/m1/s1. The Bertz CT molecular complexity index is 1740. The number of aryl methyl sites for hydroxylation is 1. The van der Waals surface area contributed by atoms with Gasteiger partial charge in [-0.25, -0.2) is 9.50 Å². The zero-order valence-corrected chi connectivity index (χ0v) is 22.3. The minimum absolute atomic E-state index is 0.00620. The number of hydrogen-bond acceptors (Lipinski definition) is 6. The van der Waals surface area contributed by atoms with Crippen LogP contribution in [0.5, 0.6) is 5.75 Å². The highest BCUT2D eigenvalue weighted by molar-refractivity contribution is 6.06. The number of amides is 1. The van der Waals surface area contributed by atoms with Gasteiger partial charge < -0.3 is 9.64 Å². The lowest BCUT2D eigenvalue weighted by atomic mass is 10.00. The minimum atomic E-state index is -4.61. The van der Waals surface area contributed by atoms with E-state index < -0.39 is 19.0 Å². The van der Waals surface area contributed by atoms with E-state index in [0.717, 1.165) is 0 Å². The third-order valence-corrected chi connectivity index (χ3v) is 7.07. The molecule has 2 aromatic carbocycles. The molecular formula is C30H24F4N6O2. The number of rotatable bonds is 7. The van der Waals surface area contributed by atoms with Crippen LogP contribution in [0.4, 0.5) is 17.6 Å². The Labute approximate surface area is 237 Å². The summed E-state index contributed by atoms with van der Waals surface area (Å²) in [5, 5.41) is 4.58. The van der Waals surface area contributed by atoms with Gasteiger partial charge in [-0.1, -0.05) is 30.3 Å². The van der Waals surface area contributed by atoms with E-state index in [2.05, 4.69) is 15.1 Å². The molecule has 0 aliphatic carbocycles. The van der Waals surface area contributed by atoms with Crippen LogP contribution in [0.1, 0.15) is 27.7 Å². The molecule has 1 fully saturated rings. The second-order valence-corrected chi connectivity index (χ2v) is 10.00. The molecule has 0 N–H and O–H groups in total. The fourth-order valence-corrected chi connectivity index (χ4v) is 4.88. The van der Waals surface area contributed by atoms with Gasteiger partial charge in [-0.3, -0.25) is 19.2 Å². The molecule has 3 aromatic heterocycles. The quantitative estimate of drug-likeness (QED) is 0.225. The zero-order chi connectivity index (χ0) is 29.4. The first-order chi connectivity index (χ1) is 20.2. The van der Waals surface area contributed by atoms with Crippen molar-refractivity contribution in [3.8, 4) is 28.4 Å². The van der Waals surface area contributed by atoms with E-state index in [-0.39, 0.29) is 47.4 Å². The number of fused-ring (bicyclic) bond motifs is 1. The summed E-state index contributed by atoms with van der Waals surface area (Å²) in [5.74, 6) is -0.519. The van der Waals surface area contributed by atoms with Gasteiger partial charge in [0, 0.05) is 48.7 Å². The first-order valence-corrected chi connectivity index (χ1v) is 13.1. The van der Waals surface area contributed by atoms with Gasteiger partial charge in [0.2, 0.25) is 6.10 Å². The van der Waals surface area contributed by atoms with Crippen LogP contribution in [-0.4, -0.2) is 61.3 Å². The number of nitrogens with zero attached hydrogens (tertiary/aromatic N) is 6. The fraction of sp³-hybridized carbons (Fsp3) is 0.233. The number of alkyl halides is 4. The van der Waals surface area contributed by atoms with Crippen LogP contribution in [0, 0.1) is 12.8 Å². The van der Waals surface area contributed by atoms with Crippen molar-refractivity contribution >= 4 is 11.6 Å². The molecule has 0 spiro atoms. The molecule has 214 valence electrons. The van der Waals surface area contributed by atoms with Crippen molar-refractivity contribution in [2.75, 3.05) is 19.8 Å². The molecule has 1 aliphatic rings. The average molecular weight is 577 g/mol. The van der Waals surface area contributed by atoms with E-state index in [9.17, 15) is 22.4 Å². The second kappa shape index (κ2) is 10.8. The zero-order valence-electron chi connectivity index (χ0n) is 22.3. The van der Waals surface area contributed by atoms with E-state index in [1.54, 1.807) is 42.3 Å². The smallest absolute Gasteiger partial charge is 0.429 e. The van der Waals surface area contributed by atoms with Crippen LogP contribution < -0.4 is 4.74 Å². The van der Waals surface area contributed by atoms with Gasteiger partial charge in [0.15, 0.2) is 5.65 Å². The van der Waals surface area contributed by atoms with Gasteiger partial charge >= 0.3 is 6.18 Å². The maximum atomic E-state index is 13.8. The highest BCUT2D eigenvalue weighted by Crippen LogP contribution is 2.37. The summed E-state index contributed by atoms with van der Waals surface area (Å²) in [5.41, 5.74) is 2.84. The highest BCUT2D eigenvalue weighted by atomic mass is 19.4. The van der Waals surface area contributed by atoms with Crippen LogP contribution in [0.25, 0.3) is 28.3 Å². The van der Waals surface area contributed by atoms with E-state index >= 15 is 0 Å².